The number of hydrogen-bond donors (Lipinski definition) is 1. The van der Waals surface area contributed by atoms with Gasteiger partial charge in [-0.05, 0) is 23.1 Å². The molecule has 0 unspecified atom stereocenters. The number of carbonyl (C=O) groups excluding carboxylic acids is 1. The van der Waals surface area contributed by atoms with Crippen LogP contribution in [0.5, 0.6) is 0 Å². The average Bonchev–Trinajstić information content (AvgIpc) is 2.95. The topological polar surface area (TPSA) is 115 Å². The van der Waals surface area contributed by atoms with E-state index in [0.29, 0.717) is 13.2 Å². The zero-order chi connectivity index (χ0) is 27.7. The van der Waals surface area contributed by atoms with Crippen LogP contribution in [0.4, 0.5) is 0 Å². The third kappa shape index (κ3) is 10.6. The first-order valence-electron chi connectivity index (χ1n) is 14.0. The molecule has 1 saturated heterocycles. The molecule has 2 aromatic carbocycles. The summed E-state index contributed by atoms with van der Waals surface area (Å²) in [4.78, 5) is 15.3. The van der Waals surface area contributed by atoms with Crippen LogP contribution in [0.3, 0.4) is 0 Å². The monoisotopic (exact) mass is 538 g/mol. The van der Waals surface area contributed by atoms with Gasteiger partial charge in [-0.1, -0.05) is 105 Å². The van der Waals surface area contributed by atoms with E-state index in [4.69, 9.17) is 18.9 Å². The lowest BCUT2D eigenvalue weighted by Crippen LogP contribution is -2.64. The lowest BCUT2D eigenvalue weighted by Gasteiger charge is -2.45. The molecule has 0 saturated carbocycles. The third-order valence-electron chi connectivity index (χ3n) is 6.69. The third-order valence-corrected chi connectivity index (χ3v) is 6.69. The number of rotatable bonds is 17. The Morgan fingerprint density at radius 2 is 1.59 bits per heavy atom. The number of ether oxygens (including phenoxy) is 4. The van der Waals surface area contributed by atoms with Crippen LogP contribution in [0.25, 0.3) is 10.4 Å². The first-order chi connectivity index (χ1) is 19.1. The van der Waals surface area contributed by atoms with Crippen LogP contribution < -0.4 is 5.32 Å². The van der Waals surface area contributed by atoms with Crippen molar-refractivity contribution in [1.82, 2.24) is 5.32 Å². The molecule has 1 amide bonds. The number of nitrogens with zero attached hydrogens (tertiary/aromatic N) is 3. The zero-order valence-corrected chi connectivity index (χ0v) is 23.1. The van der Waals surface area contributed by atoms with Crippen LogP contribution in [0.1, 0.15) is 63.5 Å². The van der Waals surface area contributed by atoms with Crippen LogP contribution in [-0.4, -0.2) is 49.7 Å². The SMILES string of the molecule is CCCCCCCCO[C@@H]1O[C@H](COCc2ccccc2)[C@@H](N=[N+]=[N-])[C@H](OCc2ccccc2)[C@H]1NC(C)=O. The highest BCUT2D eigenvalue weighted by atomic mass is 16.7. The van der Waals surface area contributed by atoms with Gasteiger partial charge in [-0.3, -0.25) is 4.79 Å². The number of azide groups is 1. The van der Waals surface area contributed by atoms with E-state index in [1.54, 1.807) is 0 Å². The maximum Gasteiger partial charge on any atom is 0.217 e. The Labute approximate surface area is 231 Å². The molecule has 39 heavy (non-hydrogen) atoms. The van der Waals surface area contributed by atoms with Crippen LogP contribution in [0.15, 0.2) is 65.8 Å². The van der Waals surface area contributed by atoms with Gasteiger partial charge in [-0.25, -0.2) is 0 Å². The van der Waals surface area contributed by atoms with Gasteiger partial charge in [0.25, 0.3) is 0 Å². The number of hydrogen-bond acceptors (Lipinski definition) is 6. The summed E-state index contributed by atoms with van der Waals surface area (Å²) in [5.74, 6) is -0.247. The quantitative estimate of drug-likeness (QED) is 0.114. The van der Waals surface area contributed by atoms with Gasteiger partial charge in [0.05, 0.1) is 38.1 Å². The number of nitrogens with one attached hydrogen (secondary N) is 1. The number of amides is 1. The van der Waals surface area contributed by atoms with Crippen molar-refractivity contribution in [3.63, 3.8) is 0 Å². The largest absolute Gasteiger partial charge is 0.374 e. The summed E-state index contributed by atoms with van der Waals surface area (Å²) in [5.41, 5.74) is 11.4. The summed E-state index contributed by atoms with van der Waals surface area (Å²) >= 11 is 0. The molecule has 5 atom stereocenters. The first-order valence-corrected chi connectivity index (χ1v) is 14.0. The summed E-state index contributed by atoms with van der Waals surface area (Å²) in [7, 11) is 0. The predicted octanol–water partition coefficient (Wildman–Crippen LogP) is 6.07. The van der Waals surface area contributed by atoms with Gasteiger partial charge >= 0.3 is 0 Å². The van der Waals surface area contributed by atoms with E-state index < -0.39 is 30.6 Å². The Bertz CT molecular complexity index is 1000. The van der Waals surface area contributed by atoms with Crippen molar-refractivity contribution in [3.8, 4) is 0 Å². The van der Waals surface area contributed by atoms with Gasteiger partial charge in [0, 0.05) is 18.4 Å². The van der Waals surface area contributed by atoms with E-state index in [1.165, 1.54) is 26.2 Å². The molecule has 2 aromatic rings. The van der Waals surface area contributed by atoms with Crippen molar-refractivity contribution >= 4 is 5.91 Å². The van der Waals surface area contributed by atoms with Crippen molar-refractivity contribution in [2.75, 3.05) is 13.2 Å². The van der Waals surface area contributed by atoms with Crippen molar-refractivity contribution < 1.29 is 23.7 Å². The van der Waals surface area contributed by atoms with E-state index >= 15 is 0 Å². The summed E-state index contributed by atoms with van der Waals surface area (Å²) in [6, 6.07) is 18.2. The molecule has 9 nitrogen and oxygen atoms in total. The van der Waals surface area contributed by atoms with Gasteiger partial charge in [0.2, 0.25) is 5.91 Å². The molecular weight excluding hydrogens is 496 g/mol. The second-order valence-electron chi connectivity index (χ2n) is 9.87. The number of unbranched alkanes of at least 4 members (excludes halogenated alkanes) is 5. The van der Waals surface area contributed by atoms with Crippen LogP contribution in [0, 0.1) is 0 Å². The molecule has 0 aromatic heterocycles. The number of carbonyl (C=O) groups is 1. The molecule has 212 valence electrons. The molecule has 0 spiro atoms. The molecular formula is C30H42N4O5. The summed E-state index contributed by atoms with van der Waals surface area (Å²) < 4.78 is 24.9. The molecule has 1 heterocycles. The van der Waals surface area contributed by atoms with Crippen LogP contribution in [-0.2, 0) is 37.0 Å². The van der Waals surface area contributed by atoms with Gasteiger partial charge < -0.3 is 24.3 Å². The van der Waals surface area contributed by atoms with Gasteiger partial charge in [0.1, 0.15) is 6.04 Å². The molecule has 1 aliphatic heterocycles. The first kappa shape index (κ1) is 30.6. The van der Waals surface area contributed by atoms with Crippen molar-refractivity contribution in [1.29, 1.82) is 0 Å². The standard InChI is InChI=1S/C30H42N4O5/c1-3-4-5-6-7-14-19-37-30-28(32-23(2)35)29(38-21-25-17-12-9-13-18-25)27(33-34-31)26(39-30)22-36-20-24-15-10-8-11-16-24/h8-13,15-18,26-30H,3-7,14,19-22H2,1-2H3,(H,32,35)/t26-,27-,28-,29+,30-/m1/s1. The van der Waals surface area contributed by atoms with Gasteiger partial charge in [-0.15, -0.1) is 0 Å². The summed E-state index contributed by atoms with van der Waals surface area (Å²) in [6.45, 7) is 4.97. The zero-order valence-electron chi connectivity index (χ0n) is 23.1. The molecule has 0 aliphatic carbocycles. The maximum absolute atomic E-state index is 12.2. The van der Waals surface area contributed by atoms with E-state index in [-0.39, 0.29) is 19.1 Å². The molecule has 0 radical (unpaired) electrons. The molecule has 1 N–H and O–H groups in total. The minimum atomic E-state index is -0.777. The summed E-state index contributed by atoms with van der Waals surface area (Å²) in [6.07, 6.45) is 4.70. The second-order valence-corrected chi connectivity index (χ2v) is 9.87. The summed E-state index contributed by atoms with van der Waals surface area (Å²) in [5, 5.41) is 7.00. The number of benzene rings is 2. The van der Waals surface area contributed by atoms with Crippen molar-refractivity contribution in [2.24, 2.45) is 5.11 Å². The average molecular weight is 539 g/mol. The highest BCUT2D eigenvalue weighted by molar-refractivity contribution is 5.73. The minimum Gasteiger partial charge on any atom is -0.374 e. The van der Waals surface area contributed by atoms with E-state index in [9.17, 15) is 10.3 Å². The molecule has 0 bridgehead atoms. The van der Waals surface area contributed by atoms with E-state index in [0.717, 1.165) is 30.4 Å². The van der Waals surface area contributed by atoms with Gasteiger partial charge in [0.15, 0.2) is 6.29 Å². The second kappa shape index (κ2) is 17.6. The minimum absolute atomic E-state index is 0.174. The Hall–Kier alpha value is -2.94. The fourth-order valence-electron chi connectivity index (χ4n) is 4.70. The lowest BCUT2D eigenvalue weighted by molar-refractivity contribution is -0.253. The van der Waals surface area contributed by atoms with E-state index in [1.807, 2.05) is 60.7 Å². The fourth-order valence-corrected chi connectivity index (χ4v) is 4.70. The Morgan fingerprint density at radius 1 is 0.949 bits per heavy atom. The predicted molar refractivity (Wildman–Crippen MR) is 150 cm³/mol. The van der Waals surface area contributed by atoms with Gasteiger partial charge in [-0.2, -0.15) is 0 Å². The molecule has 1 aliphatic rings. The Balaban J connectivity index is 1.75. The maximum atomic E-state index is 12.2. The van der Waals surface area contributed by atoms with Crippen molar-refractivity contribution in [3.05, 3.63) is 82.2 Å². The van der Waals surface area contributed by atoms with Crippen LogP contribution in [0.2, 0.25) is 0 Å². The highest BCUT2D eigenvalue weighted by Gasteiger charge is 2.47. The normalized spacial score (nSPS) is 22.7. The Kier molecular flexibility index (Phi) is 13.8. The molecule has 3 rings (SSSR count). The van der Waals surface area contributed by atoms with Crippen LogP contribution >= 0.6 is 0 Å². The van der Waals surface area contributed by atoms with E-state index in [2.05, 4.69) is 22.3 Å². The molecule has 1 fully saturated rings. The Morgan fingerprint density at radius 3 is 2.23 bits per heavy atom. The lowest BCUT2D eigenvalue weighted by atomic mass is 9.94. The highest BCUT2D eigenvalue weighted by Crippen LogP contribution is 2.29. The fraction of sp³-hybridized carbons (Fsp3) is 0.567. The van der Waals surface area contributed by atoms with Crippen molar-refractivity contribution in [2.45, 2.75) is 96.2 Å². The smallest absolute Gasteiger partial charge is 0.217 e. The molecule has 9 heteroatoms.